The van der Waals surface area contributed by atoms with E-state index < -0.39 is 5.82 Å². The summed E-state index contributed by atoms with van der Waals surface area (Å²) in [5.41, 5.74) is 6.49. The van der Waals surface area contributed by atoms with Crippen LogP contribution in [0.4, 0.5) is 4.39 Å². The fraction of sp³-hybridized carbons (Fsp3) is 0.133. The number of imidazole rings is 1. The minimum Gasteiger partial charge on any atom is -0.491 e. The molecule has 0 saturated heterocycles. The second-order valence-electron chi connectivity index (χ2n) is 9.01. The van der Waals surface area contributed by atoms with Crippen LogP contribution in [0.3, 0.4) is 0 Å². The molecule has 0 saturated carbocycles. The van der Waals surface area contributed by atoms with Gasteiger partial charge in [0.05, 0.1) is 17.6 Å². The van der Waals surface area contributed by atoms with Crippen molar-refractivity contribution in [2.75, 3.05) is 13.2 Å². The maximum absolute atomic E-state index is 14.9. The molecule has 0 spiro atoms. The second-order valence-corrected chi connectivity index (χ2v) is 9.01. The average Bonchev–Trinajstić information content (AvgIpc) is 3.14. The van der Waals surface area contributed by atoms with Crippen molar-refractivity contribution in [2.45, 2.75) is 13.5 Å². The maximum atomic E-state index is 14.9. The van der Waals surface area contributed by atoms with Crippen molar-refractivity contribution in [1.29, 1.82) is 0 Å². The van der Waals surface area contributed by atoms with E-state index in [9.17, 15) is 9.18 Å². The molecule has 1 aromatic heterocycles. The Morgan fingerprint density at radius 1 is 0.944 bits per heavy atom. The molecule has 1 amide bonds. The first-order valence-electron chi connectivity index (χ1n) is 11.9. The number of H-pyrrole nitrogens is 1. The van der Waals surface area contributed by atoms with Crippen molar-refractivity contribution in [2.24, 2.45) is 0 Å². The number of aryl methyl sites for hydroxylation is 1. The number of amides is 1. The van der Waals surface area contributed by atoms with Crippen LogP contribution >= 0.6 is 0 Å². The van der Waals surface area contributed by atoms with E-state index in [4.69, 9.17) is 4.74 Å². The molecule has 0 atom stereocenters. The fourth-order valence-electron chi connectivity index (χ4n) is 4.75. The summed E-state index contributed by atoms with van der Waals surface area (Å²) in [5, 5.41) is 0. The molecular formula is C30H24FN3O2. The molecule has 0 unspecified atom stereocenters. The summed E-state index contributed by atoms with van der Waals surface area (Å²) in [7, 11) is 0. The SMILES string of the molecule is Cc1nc2ccc(-c3ccc4c(c3)CN(C(=O)c3ccc(-c5ccccc5)c(F)c3)CCO4)cc2[nH]1. The summed E-state index contributed by atoms with van der Waals surface area (Å²) < 4.78 is 20.9. The van der Waals surface area contributed by atoms with E-state index in [1.165, 1.54) is 6.07 Å². The highest BCUT2D eigenvalue weighted by Gasteiger charge is 2.22. The van der Waals surface area contributed by atoms with Crippen LogP contribution in [-0.4, -0.2) is 33.9 Å². The summed E-state index contributed by atoms with van der Waals surface area (Å²) in [5.74, 6) is 1.01. The highest BCUT2D eigenvalue weighted by Crippen LogP contribution is 2.31. The molecule has 0 bridgehead atoms. The van der Waals surface area contributed by atoms with Crippen LogP contribution in [0, 0.1) is 12.7 Å². The topological polar surface area (TPSA) is 58.2 Å². The number of benzene rings is 4. The number of carbonyl (C=O) groups excluding carboxylic acids is 1. The highest BCUT2D eigenvalue weighted by atomic mass is 19.1. The van der Waals surface area contributed by atoms with Gasteiger partial charge in [0.1, 0.15) is 24.0 Å². The largest absolute Gasteiger partial charge is 0.491 e. The number of hydrogen-bond acceptors (Lipinski definition) is 3. The standard InChI is InChI=1S/C30H24FN3O2/c1-19-32-27-11-8-22(17-28(27)33-19)21-9-12-29-24(15-21)18-34(13-14-36-29)30(35)23-7-10-25(26(31)16-23)20-5-3-2-4-6-20/h2-12,15-17H,13-14,18H2,1H3,(H,32,33). The normalized spacial score (nSPS) is 13.2. The van der Waals surface area contributed by atoms with Crippen LogP contribution < -0.4 is 4.74 Å². The molecule has 1 aliphatic rings. The van der Waals surface area contributed by atoms with Crippen molar-refractivity contribution < 1.29 is 13.9 Å². The number of aromatic amines is 1. The zero-order valence-electron chi connectivity index (χ0n) is 19.8. The molecule has 5 nitrogen and oxygen atoms in total. The first-order valence-corrected chi connectivity index (χ1v) is 11.9. The lowest BCUT2D eigenvalue weighted by molar-refractivity contribution is 0.0733. The summed E-state index contributed by atoms with van der Waals surface area (Å²) in [6.45, 7) is 3.12. The number of ether oxygens (including phenoxy) is 1. The van der Waals surface area contributed by atoms with Crippen molar-refractivity contribution in [1.82, 2.24) is 14.9 Å². The van der Waals surface area contributed by atoms with Crippen LogP contribution in [0.2, 0.25) is 0 Å². The number of fused-ring (bicyclic) bond motifs is 2. The number of rotatable bonds is 3. The Balaban J connectivity index is 1.28. The Hall–Kier alpha value is -4.45. The minimum atomic E-state index is -0.412. The van der Waals surface area contributed by atoms with E-state index in [-0.39, 0.29) is 5.91 Å². The van der Waals surface area contributed by atoms with Gasteiger partial charge in [0, 0.05) is 23.2 Å². The Morgan fingerprint density at radius 3 is 2.58 bits per heavy atom. The zero-order valence-corrected chi connectivity index (χ0v) is 19.8. The van der Waals surface area contributed by atoms with Crippen LogP contribution in [0.1, 0.15) is 21.7 Å². The molecular weight excluding hydrogens is 453 g/mol. The van der Waals surface area contributed by atoms with Crippen molar-refractivity contribution >= 4 is 16.9 Å². The molecule has 6 heteroatoms. The molecule has 0 aliphatic carbocycles. The predicted octanol–water partition coefficient (Wildman–Crippen LogP) is 6.38. The summed E-state index contributed by atoms with van der Waals surface area (Å²) >= 11 is 0. The van der Waals surface area contributed by atoms with Crippen molar-refractivity contribution in [3.8, 4) is 28.0 Å². The van der Waals surface area contributed by atoms with E-state index in [0.717, 1.165) is 44.9 Å². The number of nitrogens with one attached hydrogen (secondary N) is 1. The second kappa shape index (κ2) is 8.96. The van der Waals surface area contributed by atoms with E-state index in [1.54, 1.807) is 17.0 Å². The van der Waals surface area contributed by atoms with E-state index >= 15 is 0 Å². The number of halogens is 1. The van der Waals surface area contributed by atoms with Crippen molar-refractivity contribution in [3.05, 3.63) is 108 Å². The molecule has 36 heavy (non-hydrogen) atoms. The summed E-state index contributed by atoms with van der Waals surface area (Å²) in [6, 6.07) is 26.2. The van der Waals surface area contributed by atoms with Gasteiger partial charge >= 0.3 is 0 Å². The molecule has 4 aromatic carbocycles. The Kier molecular flexibility index (Phi) is 5.49. The third-order valence-corrected chi connectivity index (χ3v) is 6.56. The molecule has 0 fully saturated rings. The average molecular weight is 478 g/mol. The van der Waals surface area contributed by atoms with Gasteiger partial charge in [-0.1, -0.05) is 48.5 Å². The number of aromatic nitrogens is 2. The molecule has 0 radical (unpaired) electrons. The first kappa shape index (κ1) is 22.0. The van der Waals surface area contributed by atoms with Gasteiger partial charge in [-0.25, -0.2) is 9.37 Å². The molecule has 2 heterocycles. The third-order valence-electron chi connectivity index (χ3n) is 6.56. The quantitative estimate of drug-likeness (QED) is 0.328. The van der Waals surface area contributed by atoms with Gasteiger partial charge in [0.2, 0.25) is 0 Å². The lowest BCUT2D eigenvalue weighted by atomic mass is 10.0. The Labute approximate surface area is 208 Å². The number of nitrogens with zero attached hydrogens (tertiary/aromatic N) is 2. The first-order chi connectivity index (χ1) is 17.5. The van der Waals surface area contributed by atoms with Crippen LogP contribution in [-0.2, 0) is 6.54 Å². The van der Waals surface area contributed by atoms with Gasteiger partial charge in [-0.15, -0.1) is 0 Å². The van der Waals surface area contributed by atoms with Crippen LogP contribution in [0.5, 0.6) is 5.75 Å². The zero-order chi connectivity index (χ0) is 24.6. The molecule has 5 aromatic rings. The number of carbonyl (C=O) groups is 1. The molecule has 178 valence electrons. The summed E-state index contributed by atoms with van der Waals surface area (Å²) in [6.07, 6.45) is 0. The van der Waals surface area contributed by atoms with Crippen LogP contribution in [0.25, 0.3) is 33.3 Å². The molecule has 1 N–H and O–H groups in total. The smallest absolute Gasteiger partial charge is 0.254 e. The van der Waals surface area contributed by atoms with Gasteiger partial charge in [0.15, 0.2) is 0 Å². The van der Waals surface area contributed by atoms with Gasteiger partial charge in [-0.2, -0.15) is 0 Å². The monoisotopic (exact) mass is 477 g/mol. The maximum Gasteiger partial charge on any atom is 0.254 e. The Morgan fingerprint density at radius 2 is 1.75 bits per heavy atom. The van der Waals surface area contributed by atoms with E-state index in [0.29, 0.717) is 30.8 Å². The lowest BCUT2D eigenvalue weighted by Gasteiger charge is -2.20. The lowest BCUT2D eigenvalue weighted by Crippen LogP contribution is -2.32. The van der Waals surface area contributed by atoms with Gasteiger partial charge in [0.25, 0.3) is 5.91 Å². The molecule has 1 aliphatic heterocycles. The minimum absolute atomic E-state index is 0.218. The van der Waals surface area contributed by atoms with Gasteiger partial charge < -0.3 is 14.6 Å². The third kappa shape index (κ3) is 4.11. The highest BCUT2D eigenvalue weighted by molar-refractivity contribution is 5.95. The molecule has 6 rings (SSSR count). The number of hydrogen-bond donors (Lipinski definition) is 1. The van der Waals surface area contributed by atoms with Gasteiger partial charge in [-0.3, -0.25) is 4.79 Å². The predicted molar refractivity (Wildman–Crippen MR) is 138 cm³/mol. The van der Waals surface area contributed by atoms with E-state index in [2.05, 4.69) is 22.1 Å². The summed E-state index contributed by atoms with van der Waals surface area (Å²) in [4.78, 5) is 22.8. The van der Waals surface area contributed by atoms with Crippen LogP contribution in [0.15, 0.2) is 84.9 Å². The van der Waals surface area contributed by atoms with Crippen molar-refractivity contribution in [3.63, 3.8) is 0 Å². The van der Waals surface area contributed by atoms with Gasteiger partial charge in [-0.05, 0) is 60.0 Å². The van der Waals surface area contributed by atoms with E-state index in [1.807, 2.05) is 61.5 Å². The fourth-order valence-corrected chi connectivity index (χ4v) is 4.75. The Bertz CT molecular complexity index is 1590.